The van der Waals surface area contributed by atoms with Gasteiger partial charge < -0.3 is 19.7 Å². The molecule has 0 unspecified atom stereocenters. The van der Waals surface area contributed by atoms with E-state index in [1.165, 1.54) is 0 Å². The van der Waals surface area contributed by atoms with Crippen LogP contribution in [-0.4, -0.2) is 47.1 Å². The van der Waals surface area contributed by atoms with Crippen LogP contribution in [0.5, 0.6) is 0 Å². The summed E-state index contributed by atoms with van der Waals surface area (Å²) in [6.45, 7) is 8.90. The van der Waals surface area contributed by atoms with Gasteiger partial charge in [-0.25, -0.2) is 0 Å². The summed E-state index contributed by atoms with van der Waals surface area (Å²) in [4.78, 5) is 25.3. The van der Waals surface area contributed by atoms with Gasteiger partial charge in [0.05, 0.1) is 13.2 Å². The van der Waals surface area contributed by atoms with E-state index in [2.05, 4.69) is 12.2 Å². The molecule has 0 saturated heterocycles. The molecule has 0 spiro atoms. The molecule has 1 aromatic rings. The summed E-state index contributed by atoms with van der Waals surface area (Å²) in [5, 5.41) is 3.07. The smallest absolute Gasteiger partial charge is 0.253 e. The molecule has 1 rings (SSSR count). The average Bonchev–Trinajstić information content (AvgIpc) is 2.56. The summed E-state index contributed by atoms with van der Waals surface area (Å²) in [5.74, 6) is 0. The lowest BCUT2D eigenvalue weighted by Gasteiger charge is -2.27. The maximum atomic E-state index is 11.8. The van der Waals surface area contributed by atoms with Crippen molar-refractivity contribution in [3.8, 4) is 0 Å². The van der Waals surface area contributed by atoms with Gasteiger partial charge >= 0.3 is 0 Å². The van der Waals surface area contributed by atoms with Crippen LogP contribution in [0.3, 0.4) is 0 Å². The number of nitrogens with one attached hydrogen (secondary N) is 1. The Bertz CT molecular complexity index is 465. The summed E-state index contributed by atoms with van der Waals surface area (Å²) in [7, 11) is 3.22. The van der Waals surface area contributed by atoms with E-state index in [0.29, 0.717) is 44.2 Å². The van der Waals surface area contributed by atoms with Gasteiger partial charge in [0.2, 0.25) is 0 Å². The van der Waals surface area contributed by atoms with E-state index in [1.807, 2.05) is 18.7 Å². The predicted octanol–water partition coefficient (Wildman–Crippen LogP) is 1.87. The first kappa shape index (κ1) is 20.6. The largest absolute Gasteiger partial charge is 0.383 e. The lowest BCUT2D eigenvalue weighted by Crippen LogP contribution is -2.45. The van der Waals surface area contributed by atoms with Gasteiger partial charge in [0.25, 0.3) is 10.9 Å². The van der Waals surface area contributed by atoms with Crippen molar-refractivity contribution in [2.75, 3.05) is 57.3 Å². The van der Waals surface area contributed by atoms with Crippen LogP contribution in [-0.2, 0) is 9.47 Å². The van der Waals surface area contributed by atoms with Crippen LogP contribution in [0, 0.1) is 0 Å². The zero-order valence-electron chi connectivity index (χ0n) is 14.5. The first-order valence-electron chi connectivity index (χ1n) is 7.97. The van der Waals surface area contributed by atoms with Crippen LogP contribution in [0.4, 0.5) is 11.4 Å². The van der Waals surface area contributed by atoms with E-state index in [4.69, 9.17) is 9.47 Å². The van der Waals surface area contributed by atoms with Gasteiger partial charge in [0.1, 0.15) is 11.4 Å². The van der Waals surface area contributed by atoms with Crippen LogP contribution in [0.1, 0.15) is 35.0 Å². The maximum absolute atomic E-state index is 11.8. The van der Waals surface area contributed by atoms with Gasteiger partial charge in [-0.2, -0.15) is 0 Å². The monoisotopic (exact) mass is 316 g/mol. The zero-order valence-corrected chi connectivity index (χ0v) is 14.5. The molecule has 0 radical (unpaired) electrons. The Balaban J connectivity index is 0. The minimum atomic E-state index is -0.420. The van der Waals surface area contributed by atoms with E-state index in [-0.39, 0.29) is 1.43 Å². The summed E-state index contributed by atoms with van der Waals surface area (Å²) >= 11 is 0. The van der Waals surface area contributed by atoms with Crippen molar-refractivity contribution in [3.05, 3.63) is 20.4 Å². The SMILES string of the molecule is CC.CCCCNc1c(N(CCOC)CCOC)c(=O)c1=O.[HH]. The van der Waals surface area contributed by atoms with Crippen molar-refractivity contribution in [1.29, 1.82) is 0 Å². The third-order valence-corrected chi connectivity index (χ3v) is 3.16. The van der Waals surface area contributed by atoms with Crippen molar-refractivity contribution in [1.82, 2.24) is 0 Å². The lowest BCUT2D eigenvalue weighted by atomic mass is 10.1. The summed E-state index contributed by atoms with van der Waals surface area (Å²) in [5.41, 5.74) is 0.0722. The second kappa shape index (κ2) is 12.2. The fraction of sp³-hybridized carbons (Fsp3) is 0.750. The minimum Gasteiger partial charge on any atom is -0.383 e. The van der Waals surface area contributed by atoms with Gasteiger partial charge in [-0.15, -0.1) is 0 Å². The molecule has 0 aromatic heterocycles. The number of ether oxygens (including phenoxy) is 2. The van der Waals surface area contributed by atoms with Crippen molar-refractivity contribution < 1.29 is 10.9 Å². The summed E-state index contributed by atoms with van der Waals surface area (Å²) < 4.78 is 10.1. The van der Waals surface area contributed by atoms with Crippen molar-refractivity contribution in [3.63, 3.8) is 0 Å². The molecule has 22 heavy (non-hydrogen) atoms. The van der Waals surface area contributed by atoms with Crippen LogP contribution >= 0.6 is 0 Å². The molecule has 0 fully saturated rings. The molecule has 6 nitrogen and oxygen atoms in total. The van der Waals surface area contributed by atoms with Crippen molar-refractivity contribution in [2.45, 2.75) is 33.6 Å². The first-order chi connectivity index (χ1) is 10.7. The number of hydrogen-bond donors (Lipinski definition) is 1. The fourth-order valence-corrected chi connectivity index (χ4v) is 1.97. The van der Waals surface area contributed by atoms with E-state index < -0.39 is 10.9 Å². The van der Waals surface area contributed by atoms with Crippen LogP contribution < -0.4 is 21.1 Å². The molecule has 1 aromatic carbocycles. The fourth-order valence-electron chi connectivity index (χ4n) is 1.97. The van der Waals surface area contributed by atoms with E-state index in [0.717, 1.165) is 12.8 Å². The number of nitrogens with zero attached hydrogens (tertiary/aromatic N) is 1. The third-order valence-electron chi connectivity index (χ3n) is 3.16. The lowest BCUT2D eigenvalue weighted by molar-refractivity contribution is 0.190. The second-order valence-electron chi connectivity index (χ2n) is 4.63. The Morgan fingerprint density at radius 3 is 2.05 bits per heavy atom. The van der Waals surface area contributed by atoms with E-state index in [1.54, 1.807) is 14.2 Å². The van der Waals surface area contributed by atoms with Gasteiger partial charge in [-0.1, -0.05) is 27.2 Å². The molecule has 1 N–H and O–H groups in total. The van der Waals surface area contributed by atoms with Gasteiger partial charge in [-0.05, 0) is 6.42 Å². The van der Waals surface area contributed by atoms with E-state index >= 15 is 0 Å². The molecular formula is C16H32N2O4. The predicted molar refractivity (Wildman–Crippen MR) is 94.2 cm³/mol. The number of anilines is 2. The number of unbranched alkanes of at least 4 members (excludes halogenated alkanes) is 1. The third kappa shape index (κ3) is 5.77. The topological polar surface area (TPSA) is 67.9 Å². The number of hydrogen-bond acceptors (Lipinski definition) is 6. The van der Waals surface area contributed by atoms with Gasteiger partial charge in [0.15, 0.2) is 0 Å². The van der Waals surface area contributed by atoms with Gasteiger partial charge in [-0.3, -0.25) is 9.59 Å². The zero-order chi connectivity index (χ0) is 17.0. The Labute approximate surface area is 134 Å². The highest BCUT2D eigenvalue weighted by molar-refractivity contribution is 5.75. The molecule has 0 aliphatic carbocycles. The number of rotatable bonds is 11. The molecular weight excluding hydrogens is 284 g/mol. The molecule has 0 aliphatic rings. The average molecular weight is 316 g/mol. The van der Waals surface area contributed by atoms with Crippen molar-refractivity contribution in [2.24, 2.45) is 0 Å². The van der Waals surface area contributed by atoms with Crippen LogP contribution in [0.15, 0.2) is 9.59 Å². The Morgan fingerprint density at radius 1 is 1.05 bits per heavy atom. The molecule has 6 heteroatoms. The minimum absolute atomic E-state index is 0. The van der Waals surface area contributed by atoms with Crippen molar-refractivity contribution >= 4 is 11.4 Å². The summed E-state index contributed by atoms with van der Waals surface area (Å²) in [6, 6.07) is 0. The molecule has 0 aliphatic heterocycles. The molecule has 0 heterocycles. The van der Waals surface area contributed by atoms with E-state index in [9.17, 15) is 9.59 Å². The molecule has 0 atom stereocenters. The van der Waals surface area contributed by atoms with Gasteiger partial charge in [0, 0.05) is 35.3 Å². The first-order valence-corrected chi connectivity index (χ1v) is 7.97. The molecule has 130 valence electrons. The second-order valence-corrected chi connectivity index (χ2v) is 4.63. The maximum Gasteiger partial charge on any atom is 0.253 e. The standard InChI is InChI=1S/C14H24N2O4.C2H6.H2/c1-4-5-6-15-11-12(14(18)13(11)17)16(7-9-19-2)8-10-20-3;1-2;/h15H,4-10H2,1-3H3;1-2H3;1H. The highest BCUT2D eigenvalue weighted by Crippen LogP contribution is 2.19. The van der Waals surface area contributed by atoms with Crippen LogP contribution in [0.2, 0.25) is 0 Å². The Morgan fingerprint density at radius 2 is 1.59 bits per heavy atom. The van der Waals surface area contributed by atoms with Crippen LogP contribution in [0.25, 0.3) is 0 Å². The number of methoxy groups -OCH3 is 2. The quantitative estimate of drug-likeness (QED) is 0.496. The Kier molecular flexibility index (Phi) is 11.4. The molecule has 0 amide bonds. The molecule has 0 bridgehead atoms. The Hall–Kier alpha value is -1.40. The normalized spacial score (nSPS) is 10.2. The highest BCUT2D eigenvalue weighted by atomic mass is 16.5. The summed E-state index contributed by atoms with van der Waals surface area (Å²) in [6.07, 6.45) is 2.00. The molecule has 0 saturated carbocycles. The highest BCUT2D eigenvalue weighted by Gasteiger charge is 2.25.